The highest BCUT2D eigenvalue weighted by Gasteiger charge is 1.95. The molecular weight excluding hydrogens is 158 g/mol. The summed E-state index contributed by atoms with van der Waals surface area (Å²) in [6, 6.07) is 0. The molecule has 0 N–H and O–H groups in total. The highest BCUT2D eigenvalue weighted by Crippen LogP contribution is 1.93. The van der Waals surface area contributed by atoms with Crippen LogP contribution in [-0.2, 0) is 0 Å². The molecule has 13 heavy (non-hydrogen) atoms. The standard InChI is InChI=1S/C12H21N/c1-4-7-8-9-12-13(10-5-2)11-6-3/h5-6,8-9H,2-4,7,10-12H2,1H3/b9-8+. The third kappa shape index (κ3) is 7.54. The number of rotatable bonds is 8. The topological polar surface area (TPSA) is 3.24 Å². The van der Waals surface area contributed by atoms with Crippen molar-refractivity contribution in [2.45, 2.75) is 19.8 Å². The maximum absolute atomic E-state index is 3.73. The van der Waals surface area contributed by atoms with Crippen LogP contribution in [0.25, 0.3) is 0 Å². The van der Waals surface area contributed by atoms with Crippen LogP contribution in [0.1, 0.15) is 19.8 Å². The van der Waals surface area contributed by atoms with E-state index in [0.29, 0.717) is 0 Å². The van der Waals surface area contributed by atoms with E-state index in [1.807, 2.05) is 12.2 Å². The Morgan fingerprint density at radius 3 is 2.08 bits per heavy atom. The first-order valence-electron chi connectivity index (χ1n) is 4.94. The lowest BCUT2D eigenvalue weighted by Crippen LogP contribution is -2.23. The molecule has 0 unspecified atom stereocenters. The summed E-state index contributed by atoms with van der Waals surface area (Å²) in [7, 11) is 0. The van der Waals surface area contributed by atoms with Crippen LogP contribution < -0.4 is 0 Å². The van der Waals surface area contributed by atoms with Gasteiger partial charge in [0.05, 0.1) is 0 Å². The van der Waals surface area contributed by atoms with Crippen LogP contribution in [0.4, 0.5) is 0 Å². The average Bonchev–Trinajstić information content (AvgIpc) is 2.13. The smallest absolute Gasteiger partial charge is 0.0169 e. The van der Waals surface area contributed by atoms with Gasteiger partial charge in [-0.1, -0.05) is 37.6 Å². The summed E-state index contributed by atoms with van der Waals surface area (Å²) in [6.07, 6.45) is 10.7. The Hall–Kier alpha value is -0.820. The van der Waals surface area contributed by atoms with Crippen LogP contribution in [0.2, 0.25) is 0 Å². The third-order valence-corrected chi connectivity index (χ3v) is 1.76. The fourth-order valence-corrected chi connectivity index (χ4v) is 1.10. The summed E-state index contributed by atoms with van der Waals surface area (Å²) in [4.78, 5) is 2.28. The minimum Gasteiger partial charge on any atom is -0.292 e. The average molecular weight is 179 g/mol. The van der Waals surface area contributed by atoms with Gasteiger partial charge in [-0.2, -0.15) is 0 Å². The highest BCUT2D eigenvalue weighted by molar-refractivity contribution is 4.88. The van der Waals surface area contributed by atoms with Crippen molar-refractivity contribution in [2.75, 3.05) is 19.6 Å². The van der Waals surface area contributed by atoms with E-state index < -0.39 is 0 Å². The first-order valence-corrected chi connectivity index (χ1v) is 4.94. The van der Waals surface area contributed by atoms with E-state index in [9.17, 15) is 0 Å². The van der Waals surface area contributed by atoms with Gasteiger partial charge in [0, 0.05) is 19.6 Å². The molecule has 0 radical (unpaired) electrons. The van der Waals surface area contributed by atoms with E-state index in [-0.39, 0.29) is 0 Å². The number of hydrogen-bond acceptors (Lipinski definition) is 1. The van der Waals surface area contributed by atoms with Crippen molar-refractivity contribution < 1.29 is 0 Å². The number of nitrogens with zero attached hydrogens (tertiary/aromatic N) is 1. The zero-order valence-electron chi connectivity index (χ0n) is 8.71. The molecule has 74 valence electrons. The lowest BCUT2D eigenvalue weighted by atomic mass is 10.3. The first kappa shape index (κ1) is 12.2. The van der Waals surface area contributed by atoms with Crippen molar-refractivity contribution >= 4 is 0 Å². The molecule has 1 nitrogen and oxygen atoms in total. The largest absolute Gasteiger partial charge is 0.292 e. The normalized spacial score (nSPS) is 10.9. The molecule has 0 atom stereocenters. The zero-order valence-corrected chi connectivity index (χ0v) is 8.71. The SMILES string of the molecule is C=CCN(CC=C)C/C=C/CCC. The van der Waals surface area contributed by atoms with Gasteiger partial charge in [0.2, 0.25) is 0 Å². The second-order valence-electron chi connectivity index (χ2n) is 3.06. The second-order valence-corrected chi connectivity index (χ2v) is 3.06. The van der Waals surface area contributed by atoms with Crippen molar-refractivity contribution in [1.82, 2.24) is 4.90 Å². The highest BCUT2D eigenvalue weighted by atomic mass is 15.1. The molecule has 0 heterocycles. The minimum absolute atomic E-state index is 0.933. The Labute approximate surface area is 82.4 Å². The van der Waals surface area contributed by atoms with Crippen LogP contribution >= 0.6 is 0 Å². The summed E-state index contributed by atoms with van der Waals surface area (Å²) in [5.74, 6) is 0. The van der Waals surface area contributed by atoms with E-state index in [0.717, 1.165) is 19.6 Å². The number of allylic oxidation sites excluding steroid dienone is 1. The van der Waals surface area contributed by atoms with Gasteiger partial charge in [-0.25, -0.2) is 0 Å². The third-order valence-electron chi connectivity index (χ3n) is 1.76. The van der Waals surface area contributed by atoms with Gasteiger partial charge in [0.25, 0.3) is 0 Å². The van der Waals surface area contributed by atoms with Gasteiger partial charge in [-0.05, 0) is 6.42 Å². The molecular formula is C12H21N. The summed E-state index contributed by atoms with van der Waals surface area (Å²) in [6.45, 7) is 12.5. The summed E-state index contributed by atoms with van der Waals surface area (Å²) in [5, 5.41) is 0. The van der Waals surface area contributed by atoms with Gasteiger partial charge in [-0.15, -0.1) is 13.2 Å². The second kappa shape index (κ2) is 9.27. The number of hydrogen-bond donors (Lipinski definition) is 0. The molecule has 0 bridgehead atoms. The predicted octanol–water partition coefficient (Wildman–Crippen LogP) is 3.02. The molecule has 0 aliphatic carbocycles. The van der Waals surface area contributed by atoms with E-state index in [2.05, 4.69) is 37.1 Å². The first-order chi connectivity index (χ1) is 6.35. The fraction of sp³-hybridized carbons (Fsp3) is 0.500. The predicted molar refractivity (Wildman–Crippen MR) is 60.9 cm³/mol. The Balaban J connectivity index is 3.66. The van der Waals surface area contributed by atoms with Gasteiger partial charge in [-0.3, -0.25) is 4.90 Å². The van der Waals surface area contributed by atoms with E-state index >= 15 is 0 Å². The molecule has 0 amide bonds. The van der Waals surface area contributed by atoms with Crippen LogP contribution in [0.5, 0.6) is 0 Å². The van der Waals surface area contributed by atoms with Crippen LogP contribution in [0.3, 0.4) is 0 Å². The van der Waals surface area contributed by atoms with E-state index in [1.54, 1.807) is 0 Å². The van der Waals surface area contributed by atoms with Crippen LogP contribution in [0.15, 0.2) is 37.5 Å². The molecule has 0 saturated carbocycles. The summed E-state index contributed by atoms with van der Waals surface area (Å²) < 4.78 is 0. The minimum atomic E-state index is 0.933. The van der Waals surface area contributed by atoms with Crippen LogP contribution in [0, 0.1) is 0 Å². The van der Waals surface area contributed by atoms with Crippen molar-refractivity contribution in [3.05, 3.63) is 37.5 Å². The molecule has 0 aromatic rings. The maximum Gasteiger partial charge on any atom is 0.0169 e. The lowest BCUT2D eigenvalue weighted by molar-refractivity contribution is 0.373. The molecule has 0 aromatic carbocycles. The Kier molecular flexibility index (Phi) is 8.68. The molecule has 0 aliphatic rings. The molecule has 0 fully saturated rings. The quantitative estimate of drug-likeness (QED) is 0.518. The monoisotopic (exact) mass is 179 g/mol. The lowest BCUT2D eigenvalue weighted by Gasteiger charge is -2.15. The summed E-state index contributed by atoms with van der Waals surface area (Å²) in [5.41, 5.74) is 0. The Morgan fingerprint density at radius 1 is 1.00 bits per heavy atom. The van der Waals surface area contributed by atoms with E-state index in [4.69, 9.17) is 0 Å². The molecule has 0 rings (SSSR count). The van der Waals surface area contributed by atoms with Gasteiger partial charge in [0.1, 0.15) is 0 Å². The van der Waals surface area contributed by atoms with Crippen molar-refractivity contribution in [3.8, 4) is 0 Å². The van der Waals surface area contributed by atoms with Gasteiger partial charge < -0.3 is 0 Å². The molecule has 0 aromatic heterocycles. The fourth-order valence-electron chi connectivity index (χ4n) is 1.10. The molecule has 0 aliphatic heterocycles. The summed E-state index contributed by atoms with van der Waals surface area (Å²) >= 11 is 0. The van der Waals surface area contributed by atoms with Gasteiger partial charge >= 0.3 is 0 Å². The molecule has 0 saturated heterocycles. The Morgan fingerprint density at radius 2 is 1.62 bits per heavy atom. The van der Waals surface area contributed by atoms with Crippen molar-refractivity contribution in [1.29, 1.82) is 0 Å². The van der Waals surface area contributed by atoms with Crippen molar-refractivity contribution in [2.24, 2.45) is 0 Å². The zero-order chi connectivity index (χ0) is 9.94. The van der Waals surface area contributed by atoms with E-state index in [1.165, 1.54) is 12.8 Å². The van der Waals surface area contributed by atoms with Crippen molar-refractivity contribution in [3.63, 3.8) is 0 Å². The van der Waals surface area contributed by atoms with Crippen LogP contribution in [-0.4, -0.2) is 24.5 Å². The molecule has 0 spiro atoms. The maximum atomic E-state index is 3.73. The van der Waals surface area contributed by atoms with Gasteiger partial charge in [0.15, 0.2) is 0 Å². The number of unbranched alkanes of at least 4 members (excludes halogenated alkanes) is 1. The molecule has 1 heteroatoms. The Bertz CT molecular complexity index is 149.